The van der Waals surface area contributed by atoms with Gasteiger partial charge in [0.15, 0.2) is 0 Å². The molecule has 0 aliphatic carbocycles. The number of hydrogen-bond donors (Lipinski definition) is 2. The third-order valence-corrected chi connectivity index (χ3v) is 6.74. The van der Waals surface area contributed by atoms with Crippen molar-refractivity contribution in [3.8, 4) is 16.9 Å². The zero-order valence-corrected chi connectivity index (χ0v) is 21.0. The average Bonchev–Trinajstić information content (AvgIpc) is 3.35. The van der Waals surface area contributed by atoms with Gasteiger partial charge in [0, 0.05) is 12.6 Å². The maximum Gasteiger partial charge on any atom is 0.490 e. The number of likely N-dealkylation sites (tertiary alicyclic amines) is 1. The number of nitrogens with one attached hydrogen (secondary N) is 1. The number of amides is 2. The van der Waals surface area contributed by atoms with Gasteiger partial charge in [0.05, 0.1) is 26.1 Å². The number of esters is 1. The summed E-state index contributed by atoms with van der Waals surface area (Å²) in [5.41, 5.74) is 1.63. The Morgan fingerprint density at radius 3 is 1.92 bits per heavy atom. The second kappa shape index (κ2) is 10.8. The van der Waals surface area contributed by atoms with Gasteiger partial charge in [0.2, 0.25) is 11.8 Å². The highest BCUT2D eigenvalue weighted by molar-refractivity contribution is 6.09. The number of hydrogen-bond acceptors (Lipinski definition) is 7. The Bertz CT molecular complexity index is 1210. The van der Waals surface area contributed by atoms with Crippen molar-refractivity contribution in [3.63, 3.8) is 0 Å². The van der Waals surface area contributed by atoms with Crippen molar-refractivity contribution >= 4 is 23.8 Å². The molecule has 0 unspecified atom stereocenters. The van der Waals surface area contributed by atoms with Crippen molar-refractivity contribution in [2.75, 3.05) is 20.8 Å². The molecule has 0 aromatic heterocycles. The fourth-order valence-electron chi connectivity index (χ4n) is 4.86. The summed E-state index contributed by atoms with van der Waals surface area (Å²) in [6.07, 6.45) is -5.08. The van der Waals surface area contributed by atoms with E-state index in [-0.39, 0.29) is 18.4 Å². The molecule has 2 saturated heterocycles. The largest absolute Gasteiger partial charge is 0.497 e. The van der Waals surface area contributed by atoms with Crippen LogP contribution in [0.5, 0.6) is 5.75 Å². The van der Waals surface area contributed by atoms with Crippen LogP contribution in [-0.4, -0.2) is 66.2 Å². The minimum Gasteiger partial charge on any atom is -0.497 e. The van der Waals surface area contributed by atoms with Crippen LogP contribution in [0.2, 0.25) is 0 Å². The molecule has 4 atom stereocenters. The molecular weight excluding hydrogens is 509 g/mol. The number of alkyl halides is 3. The monoisotopic (exact) mass is 536 g/mol. The Labute approximate surface area is 216 Å². The lowest BCUT2D eigenvalue weighted by Gasteiger charge is -2.28. The molecule has 2 aromatic rings. The van der Waals surface area contributed by atoms with E-state index < -0.39 is 41.5 Å². The molecule has 2 aromatic carbocycles. The number of carboxylic acid groups (broad SMARTS) is 1. The quantitative estimate of drug-likeness (QED) is 0.442. The van der Waals surface area contributed by atoms with E-state index in [4.69, 9.17) is 19.4 Å². The Morgan fingerprint density at radius 1 is 1.00 bits per heavy atom. The lowest BCUT2D eigenvalue weighted by Crippen LogP contribution is -2.53. The molecule has 2 aliphatic heterocycles. The summed E-state index contributed by atoms with van der Waals surface area (Å²) in [7, 11) is 2.92. The van der Waals surface area contributed by atoms with Gasteiger partial charge >= 0.3 is 18.1 Å². The van der Waals surface area contributed by atoms with Gasteiger partial charge < -0.3 is 14.6 Å². The summed E-state index contributed by atoms with van der Waals surface area (Å²) in [4.78, 5) is 48.8. The maximum absolute atomic E-state index is 13.1. The SMILES string of the molecule is CCN1C(=O)[C@H]2[C@@H](c3ccc(-c4ccc(OC)cc4)cc3)N[C@@](C)(C(=O)OC)[C@H]2C1=O.O=C(O)C(F)(F)F. The summed E-state index contributed by atoms with van der Waals surface area (Å²) in [5.74, 6) is -4.53. The molecule has 38 heavy (non-hydrogen) atoms. The fraction of sp³-hybridized carbons (Fsp3) is 0.385. The molecular formula is C26H27F3N2O7. The highest BCUT2D eigenvalue weighted by Gasteiger charge is 2.66. The zero-order chi connectivity index (χ0) is 28.4. The van der Waals surface area contributed by atoms with Crippen molar-refractivity contribution in [1.82, 2.24) is 10.2 Å². The average molecular weight is 537 g/mol. The van der Waals surface area contributed by atoms with Crippen LogP contribution in [0.4, 0.5) is 13.2 Å². The first-order valence-corrected chi connectivity index (χ1v) is 11.6. The molecule has 204 valence electrons. The van der Waals surface area contributed by atoms with Crippen LogP contribution in [-0.2, 0) is 23.9 Å². The molecule has 2 N–H and O–H groups in total. The minimum absolute atomic E-state index is 0.248. The first-order chi connectivity index (χ1) is 17.8. The van der Waals surface area contributed by atoms with Crippen molar-refractivity contribution in [1.29, 1.82) is 0 Å². The third-order valence-electron chi connectivity index (χ3n) is 6.74. The van der Waals surface area contributed by atoms with E-state index in [2.05, 4.69) is 5.32 Å². The van der Waals surface area contributed by atoms with Gasteiger partial charge in [-0.3, -0.25) is 24.6 Å². The minimum atomic E-state index is -5.08. The van der Waals surface area contributed by atoms with Gasteiger partial charge in [0.1, 0.15) is 11.3 Å². The first-order valence-electron chi connectivity index (χ1n) is 11.6. The number of benzene rings is 2. The number of halogens is 3. The standard InChI is InChI=1S/C24H26N2O5.C2HF3O2/c1-5-26-21(27)18-19(22(26)28)24(2,23(29)31-4)25-20(18)16-8-6-14(7-9-16)15-10-12-17(30-3)13-11-15;3-2(4,5)1(6)7/h6-13,18-20,25H,5H2,1-4H3;(H,6,7)/t18-,19-,20-,24-;/m1./s1. The number of imide groups is 1. The van der Waals surface area contributed by atoms with Gasteiger partial charge in [-0.2, -0.15) is 13.2 Å². The number of carboxylic acids is 1. The molecule has 0 radical (unpaired) electrons. The predicted molar refractivity (Wildman–Crippen MR) is 128 cm³/mol. The smallest absolute Gasteiger partial charge is 0.490 e. The van der Waals surface area contributed by atoms with Gasteiger partial charge in [-0.25, -0.2) is 4.79 Å². The fourth-order valence-corrected chi connectivity index (χ4v) is 4.86. The van der Waals surface area contributed by atoms with Crippen molar-refractivity contribution < 1.29 is 46.9 Å². The molecule has 0 saturated carbocycles. The van der Waals surface area contributed by atoms with Crippen LogP contribution in [0.15, 0.2) is 48.5 Å². The molecule has 12 heteroatoms. The molecule has 0 spiro atoms. The first kappa shape index (κ1) is 28.6. The number of ether oxygens (including phenoxy) is 2. The second-order valence-electron chi connectivity index (χ2n) is 8.89. The highest BCUT2D eigenvalue weighted by Crippen LogP contribution is 2.49. The number of aliphatic carboxylic acids is 1. The summed E-state index contributed by atoms with van der Waals surface area (Å²) in [6, 6.07) is 15.1. The van der Waals surface area contributed by atoms with E-state index >= 15 is 0 Å². The Kier molecular flexibility index (Phi) is 8.15. The van der Waals surface area contributed by atoms with Gasteiger partial charge in [0.25, 0.3) is 0 Å². The topological polar surface area (TPSA) is 122 Å². The highest BCUT2D eigenvalue weighted by atomic mass is 19.4. The van der Waals surface area contributed by atoms with E-state index in [0.29, 0.717) is 0 Å². The Morgan fingerprint density at radius 2 is 1.50 bits per heavy atom. The lowest BCUT2D eigenvalue weighted by molar-refractivity contribution is -0.192. The summed E-state index contributed by atoms with van der Waals surface area (Å²) >= 11 is 0. The van der Waals surface area contributed by atoms with E-state index in [1.54, 1.807) is 21.0 Å². The Balaban J connectivity index is 0.000000505. The number of fused-ring (bicyclic) bond motifs is 1. The van der Waals surface area contributed by atoms with Crippen LogP contribution < -0.4 is 10.1 Å². The van der Waals surface area contributed by atoms with Gasteiger partial charge in [-0.15, -0.1) is 0 Å². The van der Waals surface area contributed by atoms with Crippen LogP contribution in [0.3, 0.4) is 0 Å². The van der Waals surface area contributed by atoms with E-state index in [1.807, 2.05) is 48.5 Å². The molecule has 2 fully saturated rings. The van der Waals surface area contributed by atoms with Gasteiger partial charge in [-0.05, 0) is 42.7 Å². The molecule has 9 nitrogen and oxygen atoms in total. The van der Waals surface area contributed by atoms with Crippen LogP contribution >= 0.6 is 0 Å². The maximum atomic E-state index is 13.1. The number of rotatable bonds is 5. The molecule has 2 amide bonds. The van der Waals surface area contributed by atoms with Crippen LogP contribution in [0.1, 0.15) is 25.5 Å². The van der Waals surface area contributed by atoms with E-state index in [9.17, 15) is 27.6 Å². The van der Waals surface area contributed by atoms with Crippen molar-refractivity contribution in [2.24, 2.45) is 11.8 Å². The van der Waals surface area contributed by atoms with Crippen molar-refractivity contribution in [3.05, 3.63) is 54.1 Å². The van der Waals surface area contributed by atoms with E-state index in [1.165, 1.54) is 12.0 Å². The third kappa shape index (κ3) is 5.21. The molecule has 2 aliphatic rings. The lowest BCUT2D eigenvalue weighted by atomic mass is 9.80. The summed E-state index contributed by atoms with van der Waals surface area (Å²) in [5, 5.41) is 10.4. The van der Waals surface area contributed by atoms with Crippen LogP contribution in [0.25, 0.3) is 11.1 Å². The van der Waals surface area contributed by atoms with Crippen molar-refractivity contribution in [2.45, 2.75) is 31.6 Å². The predicted octanol–water partition coefficient (Wildman–Crippen LogP) is 3.19. The summed E-state index contributed by atoms with van der Waals surface area (Å²) in [6.45, 7) is 3.69. The normalized spacial score (nSPS) is 24.4. The summed E-state index contributed by atoms with van der Waals surface area (Å²) < 4.78 is 41.9. The Hall–Kier alpha value is -3.93. The molecule has 2 heterocycles. The molecule has 0 bridgehead atoms. The zero-order valence-electron chi connectivity index (χ0n) is 21.0. The number of nitrogens with zero attached hydrogens (tertiary/aromatic N) is 1. The van der Waals surface area contributed by atoms with E-state index in [0.717, 1.165) is 22.4 Å². The number of methoxy groups -OCH3 is 2. The van der Waals surface area contributed by atoms with Crippen LogP contribution in [0, 0.1) is 11.8 Å². The second-order valence-corrected chi connectivity index (χ2v) is 8.89. The number of carbonyl (C=O) groups is 4. The van der Waals surface area contributed by atoms with Gasteiger partial charge in [-0.1, -0.05) is 36.4 Å². The number of carbonyl (C=O) groups excluding carboxylic acids is 3. The molecule has 4 rings (SSSR count).